The first-order valence-electron chi connectivity index (χ1n) is 6.39. The first-order chi connectivity index (χ1) is 9.63. The van der Waals surface area contributed by atoms with E-state index in [2.05, 4.69) is 14.7 Å². The Balaban J connectivity index is 1.94. The van der Waals surface area contributed by atoms with Crippen LogP contribution in [0.2, 0.25) is 0 Å². The molecule has 0 atom stereocenters. The molecule has 0 aliphatic rings. The van der Waals surface area contributed by atoms with Crippen molar-refractivity contribution in [3.05, 3.63) is 48.0 Å². The van der Waals surface area contributed by atoms with Crippen molar-refractivity contribution in [2.45, 2.75) is 24.3 Å². The molecule has 1 aromatic carbocycles. The number of nitrogens with one attached hydrogen (secondary N) is 2. The highest BCUT2D eigenvalue weighted by molar-refractivity contribution is 7.89. The Morgan fingerprint density at radius 2 is 2.10 bits per heavy atom. The monoisotopic (exact) mass is 294 g/mol. The quantitative estimate of drug-likeness (QED) is 0.657. The molecule has 0 saturated heterocycles. The van der Waals surface area contributed by atoms with Crippen LogP contribution >= 0.6 is 0 Å². The van der Waals surface area contributed by atoms with Gasteiger partial charge in [0, 0.05) is 31.9 Å². The van der Waals surface area contributed by atoms with Gasteiger partial charge in [0.2, 0.25) is 10.0 Å². The molecule has 0 aliphatic heterocycles. The fourth-order valence-electron chi connectivity index (χ4n) is 1.91. The molecule has 0 saturated carbocycles. The number of nitrogens with zero attached hydrogens (tertiary/aromatic N) is 1. The summed E-state index contributed by atoms with van der Waals surface area (Å²) < 4.78 is 27.0. The number of benzene rings is 1. The lowest BCUT2D eigenvalue weighted by Gasteiger charge is -2.09. The Morgan fingerprint density at radius 1 is 1.30 bits per heavy atom. The number of aromatic nitrogens is 2. The predicted molar refractivity (Wildman–Crippen MR) is 76.4 cm³/mol. The summed E-state index contributed by atoms with van der Waals surface area (Å²) >= 11 is 0. The molecule has 0 fully saturated rings. The molecule has 2 aromatic rings. The van der Waals surface area contributed by atoms with E-state index >= 15 is 0 Å². The molecular formula is C13H18N4O2S. The third-order valence-corrected chi connectivity index (χ3v) is 4.48. The van der Waals surface area contributed by atoms with Gasteiger partial charge in [0.05, 0.1) is 4.90 Å². The van der Waals surface area contributed by atoms with Crippen molar-refractivity contribution in [1.29, 1.82) is 0 Å². The minimum atomic E-state index is -3.50. The van der Waals surface area contributed by atoms with Gasteiger partial charge in [0.15, 0.2) is 0 Å². The van der Waals surface area contributed by atoms with Crippen LogP contribution in [0.3, 0.4) is 0 Å². The first-order valence-corrected chi connectivity index (χ1v) is 7.87. The van der Waals surface area contributed by atoms with Crippen LogP contribution in [-0.2, 0) is 23.0 Å². The number of hydrogen-bond donors (Lipinski definition) is 3. The summed E-state index contributed by atoms with van der Waals surface area (Å²) in [6.07, 6.45) is 4.81. The van der Waals surface area contributed by atoms with Crippen molar-refractivity contribution >= 4 is 10.0 Å². The number of imidazole rings is 1. The van der Waals surface area contributed by atoms with Crippen LogP contribution in [0.15, 0.2) is 41.6 Å². The summed E-state index contributed by atoms with van der Waals surface area (Å²) in [5, 5.41) is 0. The number of aromatic amines is 1. The average Bonchev–Trinajstić information content (AvgIpc) is 2.97. The van der Waals surface area contributed by atoms with E-state index < -0.39 is 10.0 Å². The predicted octanol–water partition coefficient (Wildman–Crippen LogP) is 0.779. The van der Waals surface area contributed by atoms with E-state index in [1.54, 1.807) is 36.7 Å². The average molecular weight is 294 g/mol. The van der Waals surface area contributed by atoms with Gasteiger partial charge in [0.1, 0.15) is 5.82 Å². The van der Waals surface area contributed by atoms with Crippen LogP contribution in [-0.4, -0.2) is 24.9 Å². The molecule has 7 heteroatoms. The van der Waals surface area contributed by atoms with Crippen molar-refractivity contribution in [3.8, 4) is 0 Å². The van der Waals surface area contributed by atoms with E-state index in [1.807, 2.05) is 0 Å². The van der Waals surface area contributed by atoms with Gasteiger partial charge in [-0.3, -0.25) is 0 Å². The SMILES string of the molecule is NCc1ccccc1S(=O)(=O)NCCCc1ncc[nH]1. The Labute approximate surface area is 118 Å². The van der Waals surface area contributed by atoms with Gasteiger partial charge in [-0.15, -0.1) is 0 Å². The molecule has 0 unspecified atom stereocenters. The van der Waals surface area contributed by atoms with Gasteiger partial charge < -0.3 is 10.7 Å². The molecule has 2 rings (SSSR count). The molecule has 20 heavy (non-hydrogen) atoms. The Hall–Kier alpha value is -1.70. The van der Waals surface area contributed by atoms with Crippen molar-refractivity contribution < 1.29 is 8.42 Å². The van der Waals surface area contributed by atoms with E-state index in [-0.39, 0.29) is 11.4 Å². The van der Waals surface area contributed by atoms with Crippen molar-refractivity contribution in [3.63, 3.8) is 0 Å². The van der Waals surface area contributed by atoms with Gasteiger partial charge >= 0.3 is 0 Å². The number of sulfonamides is 1. The Morgan fingerprint density at radius 3 is 2.80 bits per heavy atom. The van der Waals surface area contributed by atoms with Crippen molar-refractivity contribution in [2.75, 3.05) is 6.54 Å². The normalized spacial score (nSPS) is 11.7. The highest BCUT2D eigenvalue weighted by Gasteiger charge is 2.16. The Bertz CT molecular complexity index is 638. The van der Waals surface area contributed by atoms with Gasteiger partial charge in [-0.1, -0.05) is 18.2 Å². The molecule has 1 heterocycles. The van der Waals surface area contributed by atoms with E-state index in [0.29, 0.717) is 24.9 Å². The fraction of sp³-hybridized carbons (Fsp3) is 0.308. The molecule has 0 spiro atoms. The maximum atomic E-state index is 12.2. The standard InChI is InChI=1S/C13H18N4O2S/c14-10-11-4-1-2-5-12(11)20(18,19)17-7-3-6-13-15-8-9-16-13/h1-2,4-5,8-9,17H,3,6-7,10,14H2,(H,15,16). The zero-order chi connectivity index (χ0) is 14.4. The van der Waals surface area contributed by atoms with E-state index in [1.165, 1.54) is 0 Å². The number of hydrogen-bond acceptors (Lipinski definition) is 4. The smallest absolute Gasteiger partial charge is 0.240 e. The van der Waals surface area contributed by atoms with Crippen LogP contribution in [0.25, 0.3) is 0 Å². The van der Waals surface area contributed by atoms with E-state index in [9.17, 15) is 8.42 Å². The summed E-state index contributed by atoms with van der Waals surface area (Å²) in [6.45, 7) is 0.561. The summed E-state index contributed by atoms with van der Waals surface area (Å²) in [7, 11) is -3.50. The van der Waals surface area contributed by atoms with Crippen LogP contribution in [0.4, 0.5) is 0 Å². The lowest BCUT2D eigenvalue weighted by molar-refractivity contribution is 0.577. The minimum absolute atomic E-state index is 0.198. The van der Waals surface area contributed by atoms with Crippen molar-refractivity contribution in [2.24, 2.45) is 5.73 Å². The summed E-state index contributed by atoms with van der Waals surface area (Å²) in [6, 6.07) is 6.75. The van der Waals surface area contributed by atoms with Crippen LogP contribution in [0.5, 0.6) is 0 Å². The lowest BCUT2D eigenvalue weighted by atomic mass is 10.2. The summed E-state index contributed by atoms with van der Waals surface area (Å²) in [5.41, 5.74) is 6.18. The van der Waals surface area contributed by atoms with E-state index in [0.717, 1.165) is 5.82 Å². The van der Waals surface area contributed by atoms with E-state index in [4.69, 9.17) is 5.73 Å². The second-order valence-electron chi connectivity index (χ2n) is 4.35. The minimum Gasteiger partial charge on any atom is -0.349 e. The van der Waals surface area contributed by atoms with Crippen LogP contribution < -0.4 is 10.5 Å². The van der Waals surface area contributed by atoms with Crippen LogP contribution in [0, 0.1) is 0 Å². The topological polar surface area (TPSA) is 101 Å². The first kappa shape index (κ1) is 14.7. The molecule has 0 radical (unpaired) electrons. The number of nitrogens with two attached hydrogens (primary N) is 1. The number of aryl methyl sites for hydroxylation is 1. The summed E-state index contributed by atoms with van der Waals surface area (Å²) in [4.78, 5) is 7.32. The van der Waals surface area contributed by atoms with Gasteiger partial charge in [0.25, 0.3) is 0 Å². The van der Waals surface area contributed by atoms with Crippen LogP contribution in [0.1, 0.15) is 17.8 Å². The highest BCUT2D eigenvalue weighted by Crippen LogP contribution is 2.14. The zero-order valence-corrected chi connectivity index (χ0v) is 11.9. The maximum absolute atomic E-state index is 12.2. The fourth-order valence-corrected chi connectivity index (χ4v) is 3.23. The molecule has 6 nitrogen and oxygen atoms in total. The Kier molecular flexibility index (Phi) is 4.89. The highest BCUT2D eigenvalue weighted by atomic mass is 32.2. The molecule has 0 aliphatic carbocycles. The molecule has 4 N–H and O–H groups in total. The molecule has 108 valence electrons. The number of H-pyrrole nitrogens is 1. The maximum Gasteiger partial charge on any atom is 0.240 e. The number of rotatable bonds is 7. The van der Waals surface area contributed by atoms with Gasteiger partial charge in [-0.25, -0.2) is 18.1 Å². The second kappa shape index (κ2) is 6.65. The van der Waals surface area contributed by atoms with Gasteiger partial charge in [-0.2, -0.15) is 0 Å². The lowest BCUT2D eigenvalue weighted by Crippen LogP contribution is -2.26. The largest absolute Gasteiger partial charge is 0.349 e. The van der Waals surface area contributed by atoms with Crippen molar-refractivity contribution in [1.82, 2.24) is 14.7 Å². The summed E-state index contributed by atoms with van der Waals surface area (Å²) in [5.74, 6) is 0.853. The molecule has 1 aromatic heterocycles. The molecule has 0 amide bonds. The second-order valence-corrected chi connectivity index (χ2v) is 6.08. The molecular weight excluding hydrogens is 276 g/mol. The third-order valence-electron chi connectivity index (χ3n) is 2.92. The molecule has 0 bridgehead atoms. The zero-order valence-electron chi connectivity index (χ0n) is 11.0. The van der Waals surface area contributed by atoms with Gasteiger partial charge in [-0.05, 0) is 18.1 Å². The third kappa shape index (κ3) is 3.66.